The quantitative estimate of drug-likeness (QED) is 0.756. The van der Waals surface area contributed by atoms with E-state index in [4.69, 9.17) is 11.6 Å². The Hall–Kier alpha value is -1.42. The first-order valence-corrected chi connectivity index (χ1v) is 3.94. The normalized spacial score (nSPS) is 9.31. The first-order valence-electron chi connectivity index (χ1n) is 3.57. The Morgan fingerprint density at radius 2 is 2.00 bits per heavy atom. The zero-order chi connectivity index (χ0) is 9.68. The fraction of sp³-hybridized carbons (Fsp3) is 0.125. The minimum absolute atomic E-state index is 0.372. The van der Waals surface area contributed by atoms with Gasteiger partial charge in [0.2, 0.25) is 5.91 Å². The molecule has 0 aromatic heterocycles. The summed E-state index contributed by atoms with van der Waals surface area (Å²) < 4.78 is 0. The summed E-state index contributed by atoms with van der Waals surface area (Å²) in [5, 5.41) is 5.53. The highest BCUT2D eigenvalue weighted by Gasteiger charge is 2.00. The molecular weight excluding hydrogens is 192 g/mol. The number of hydrogen-bond donors (Lipinski definition) is 1. The van der Waals surface area contributed by atoms with Crippen molar-refractivity contribution < 1.29 is 4.79 Å². The van der Waals surface area contributed by atoms with Gasteiger partial charge in [0.1, 0.15) is 0 Å². The van der Waals surface area contributed by atoms with Crippen molar-refractivity contribution in [2.75, 3.05) is 11.9 Å². The highest BCUT2D eigenvalue weighted by atomic mass is 35.5. The molecule has 1 aromatic carbocycles. The van der Waals surface area contributed by atoms with E-state index in [1.807, 2.05) is 0 Å². The summed E-state index contributed by atoms with van der Waals surface area (Å²) in [5.74, 6) is -0.433. The van der Waals surface area contributed by atoms with Gasteiger partial charge in [0.25, 0.3) is 0 Å². The van der Waals surface area contributed by atoms with E-state index in [9.17, 15) is 9.70 Å². The number of carbonyl (C=O) groups excluding carboxylic acids is 1. The van der Waals surface area contributed by atoms with Crippen molar-refractivity contribution in [2.45, 2.75) is 0 Å². The van der Waals surface area contributed by atoms with E-state index >= 15 is 0 Å². The van der Waals surface area contributed by atoms with Crippen LogP contribution in [0.5, 0.6) is 0 Å². The van der Waals surface area contributed by atoms with Crippen LogP contribution in [0.1, 0.15) is 0 Å². The third kappa shape index (κ3) is 3.21. The number of nitrogens with one attached hydrogen (secondary N) is 1. The van der Waals surface area contributed by atoms with Crippen LogP contribution in [0.3, 0.4) is 0 Å². The molecule has 1 amide bonds. The number of benzene rings is 1. The monoisotopic (exact) mass is 198 g/mol. The SMILES string of the molecule is O=NCC(=O)Nc1ccc(Cl)cc1. The van der Waals surface area contributed by atoms with Gasteiger partial charge in [0, 0.05) is 10.7 Å². The summed E-state index contributed by atoms with van der Waals surface area (Å²) in [7, 11) is 0. The molecular formula is C8H7ClN2O2. The highest BCUT2D eigenvalue weighted by molar-refractivity contribution is 6.30. The molecule has 4 nitrogen and oxygen atoms in total. The Bertz CT molecular complexity index is 310. The number of anilines is 1. The Balaban J connectivity index is 2.59. The minimum Gasteiger partial charge on any atom is -0.324 e. The largest absolute Gasteiger partial charge is 0.324 e. The second-order valence-electron chi connectivity index (χ2n) is 2.34. The Morgan fingerprint density at radius 3 is 2.54 bits per heavy atom. The van der Waals surface area contributed by atoms with Gasteiger partial charge in [0.05, 0.1) is 0 Å². The molecule has 0 spiro atoms. The molecule has 0 aliphatic rings. The van der Waals surface area contributed by atoms with Crippen LogP contribution in [0.4, 0.5) is 5.69 Å². The number of amides is 1. The summed E-state index contributed by atoms with van der Waals surface area (Å²) in [6.45, 7) is -0.372. The fourth-order valence-electron chi connectivity index (χ4n) is 0.792. The summed E-state index contributed by atoms with van der Waals surface area (Å²) in [5.41, 5.74) is 0.595. The van der Waals surface area contributed by atoms with Crippen molar-refractivity contribution in [3.63, 3.8) is 0 Å². The molecule has 5 heteroatoms. The van der Waals surface area contributed by atoms with Gasteiger partial charge < -0.3 is 5.32 Å². The van der Waals surface area contributed by atoms with Crippen LogP contribution >= 0.6 is 11.6 Å². The van der Waals surface area contributed by atoms with Crippen LogP contribution in [-0.4, -0.2) is 12.5 Å². The average Bonchev–Trinajstić information content (AvgIpc) is 2.09. The maximum atomic E-state index is 10.9. The Morgan fingerprint density at radius 1 is 1.38 bits per heavy atom. The predicted molar refractivity (Wildman–Crippen MR) is 50.7 cm³/mol. The molecule has 0 radical (unpaired) electrons. The van der Waals surface area contributed by atoms with Gasteiger partial charge in [-0.15, -0.1) is 0 Å². The molecule has 0 saturated carbocycles. The predicted octanol–water partition coefficient (Wildman–Crippen LogP) is 2.04. The number of hydrogen-bond acceptors (Lipinski definition) is 3. The van der Waals surface area contributed by atoms with Gasteiger partial charge in [-0.2, -0.15) is 4.91 Å². The lowest BCUT2D eigenvalue weighted by atomic mass is 10.3. The van der Waals surface area contributed by atoms with Gasteiger partial charge in [-0.3, -0.25) is 4.79 Å². The minimum atomic E-state index is -0.433. The van der Waals surface area contributed by atoms with E-state index in [0.717, 1.165) is 0 Å². The molecule has 1 N–H and O–H groups in total. The van der Waals surface area contributed by atoms with Crippen LogP contribution in [0.15, 0.2) is 29.4 Å². The maximum Gasteiger partial charge on any atom is 0.249 e. The summed E-state index contributed by atoms with van der Waals surface area (Å²) in [6.07, 6.45) is 0. The summed E-state index contributed by atoms with van der Waals surface area (Å²) >= 11 is 5.63. The Kier molecular flexibility index (Phi) is 3.40. The third-order valence-electron chi connectivity index (χ3n) is 1.34. The first kappa shape index (κ1) is 9.67. The topological polar surface area (TPSA) is 58.5 Å². The lowest BCUT2D eigenvalue weighted by Gasteiger charge is -2.01. The number of carbonyl (C=O) groups is 1. The maximum absolute atomic E-state index is 10.9. The van der Waals surface area contributed by atoms with Crippen molar-refractivity contribution in [3.8, 4) is 0 Å². The average molecular weight is 199 g/mol. The van der Waals surface area contributed by atoms with Crippen molar-refractivity contribution in [2.24, 2.45) is 5.18 Å². The van der Waals surface area contributed by atoms with Gasteiger partial charge >= 0.3 is 0 Å². The van der Waals surface area contributed by atoms with Crippen LogP contribution in [0, 0.1) is 4.91 Å². The van der Waals surface area contributed by atoms with Crippen molar-refractivity contribution >= 4 is 23.2 Å². The van der Waals surface area contributed by atoms with Gasteiger partial charge in [0.15, 0.2) is 6.54 Å². The molecule has 0 aliphatic carbocycles. The van der Waals surface area contributed by atoms with Crippen LogP contribution in [-0.2, 0) is 4.79 Å². The Labute approximate surface area is 79.9 Å². The molecule has 0 unspecified atom stereocenters. The molecule has 1 aromatic rings. The lowest BCUT2D eigenvalue weighted by molar-refractivity contribution is -0.114. The van der Waals surface area contributed by atoms with E-state index < -0.39 is 5.91 Å². The molecule has 0 heterocycles. The lowest BCUT2D eigenvalue weighted by Crippen LogP contribution is -2.14. The number of rotatable bonds is 3. The van der Waals surface area contributed by atoms with E-state index in [1.165, 1.54) is 0 Å². The second kappa shape index (κ2) is 4.57. The summed E-state index contributed by atoms with van der Waals surface area (Å²) in [6, 6.07) is 6.58. The molecule has 0 fully saturated rings. The standard InChI is InChI=1S/C8H7ClN2O2/c9-6-1-3-7(4-2-6)11-8(12)5-10-13/h1-4H,5H2,(H,11,12). The van der Waals surface area contributed by atoms with E-state index in [0.29, 0.717) is 10.7 Å². The van der Waals surface area contributed by atoms with Crippen molar-refractivity contribution in [1.82, 2.24) is 0 Å². The van der Waals surface area contributed by atoms with Crippen molar-refractivity contribution in [1.29, 1.82) is 0 Å². The number of halogens is 1. The van der Waals surface area contributed by atoms with E-state index in [1.54, 1.807) is 24.3 Å². The molecule has 1 rings (SSSR count). The second-order valence-corrected chi connectivity index (χ2v) is 2.78. The van der Waals surface area contributed by atoms with Crippen LogP contribution < -0.4 is 5.32 Å². The first-order chi connectivity index (χ1) is 6.22. The zero-order valence-electron chi connectivity index (χ0n) is 6.66. The van der Waals surface area contributed by atoms with Gasteiger partial charge in [-0.25, -0.2) is 0 Å². The van der Waals surface area contributed by atoms with Gasteiger partial charge in [-0.05, 0) is 24.3 Å². The van der Waals surface area contributed by atoms with E-state index in [-0.39, 0.29) is 6.54 Å². The zero-order valence-corrected chi connectivity index (χ0v) is 7.41. The molecule has 0 bridgehead atoms. The van der Waals surface area contributed by atoms with Gasteiger partial charge in [-0.1, -0.05) is 16.8 Å². The van der Waals surface area contributed by atoms with Crippen molar-refractivity contribution in [3.05, 3.63) is 34.2 Å². The number of nitrogens with zero attached hydrogens (tertiary/aromatic N) is 1. The van der Waals surface area contributed by atoms with Crippen LogP contribution in [0.2, 0.25) is 5.02 Å². The number of nitroso groups, excluding NO2 is 1. The summed E-state index contributed by atoms with van der Waals surface area (Å²) in [4.78, 5) is 20.6. The molecule has 0 aliphatic heterocycles. The van der Waals surface area contributed by atoms with Crippen LogP contribution in [0.25, 0.3) is 0 Å². The molecule has 0 atom stereocenters. The fourth-order valence-corrected chi connectivity index (χ4v) is 0.918. The third-order valence-corrected chi connectivity index (χ3v) is 1.59. The smallest absolute Gasteiger partial charge is 0.249 e. The van der Waals surface area contributed by atoms with E-state index in [2.05, 4.69) is 10.5 Å². The molecule has 0 saturated heterocycles. The molecule has 13 heavy (non-hydrogen) atoms. The highest BCUT2D eigenvalue weighted by Crippen LogP contribution is 2.12. The molecule has 68 valence electrons.